The second-order valence-electron chi connectivity index (χ2n) is 2.53. The molecule has 0 radical (unpaired) electrons. The highest BCUT2D eigenvalue weighted by molar-refractivity contribution is 5.92. The number of nitriles is 1. The van der Waals surface area contributed by atoms with Gasteiger partial charge in [0.25, 0.3) is 0 Å². The van der Waals surface area contributed by atoms with E-state index in [9.17, 15) is 9.59 Å². The van der Waals surface area contributed by atoms with Gasteiger partial charge in [0.05, 0.1) is 13.2 Å². The van der Waals surface area contributed by atoms with Gasteiger partial charge in [-0.25, -0.2) is 14.3 Å². The topological polar surface area (TPSA) is 105 Å². The molecular formula is C8H7N3O4. The van der Waals surface area contributed by atoms with E-state index in [1.807, 2.05) is 0 Å². The number of methoxy groups -OCH3 is 1. The van der Waals surface area contributed by atoms with Crippen LogP contribution >= 0.6 is 0 Å². The number of carboxylic acid groups (broad SMARTS) is 1. The van der Waals surface area contributed by atoms with Crippen molar-refractivity contribution in [2.24, 2.45) is 0 Å². The lowest BCUT2D eigenvalue weighted by Gasteiger charge is -1.95. The molecule has 0 unspecified atom stereocenters. The number of carboxylic acids is 1. The molecule has 1 aromatic heterocycles. The second kappa shape index (κ2) is 4.23. The third-order valence-electron chi connectivity index (χ3n) is 1.61. The molecular weight excluding hydrogens is 202 g/mol. The summed E-state index contributed by atoms with van der Waals surface area (Å²) in [5, 5.41) is 20.8. The minimum Gasteiger partial charge on any atom is -0.477 e. The summed E-state index contributed by atoms with van der Waals surface area (Å²) in [6.07, 6.45) is 0. The molecule has 1 N–H and O–H groups in total. The smallest absolute Gasteiger partial charge is 0.358 e. The van der Waals surface area contributed by atoms with E-state index in [4.69, 9.17) is 10.4 Å². The van der Waals surface area contributed by atoms with E-state index in [-0.39, 0.29) is 17.9 Å². The van der Waals surface area contributed by atoms with Gasteiger partial charge < -0.3 is 9.84 Å². The van der Waals surface area contributed by atoms with Gasteiger partial charge in [-0.3, -0.25) is 0 Å². The zero-order chi connectivity index (χ0) is 11.4. The fourth-order valence-electron chi connectivity index (χ4n) is 0.981. The van der Waals surface area contributed by atoms with E-state index in [1.165, 1.54) is 0 Å². The standard InChI is InChI=1S/C8H7N3O4/c1-15-8(14)5-4-6(7(12)13)11(10-5)3-2-9/h4H,3H2,1H3,(H,12,13). The first-order valence-electron chi connectivity index (χ1n) is 3.86. The van der Waals surface area contributed by atoms with E-state index in [0.29, 0.717) is 0 Å². The summed E-state index contributed by atoms with van der Waals surface area (Å²) in [5.74, 6) is -2.00. The highest BCUT2D eigenvalue weighted by atomic mass is 16.5. The molecule has 0 spiro atoms. The molecule has 7 heteroatoms. The number of esters is 1. The number of nitrogens with zero attached hydrogens (tertiary/aromatic N) is 3. The lowest BCUT2D eigenvalue weighted by molar-refractivity contribution is 0.0592. The van der Waals surface area contributed by atoms with Crippen molar-refractivity contribution in [1.29, 1.82) is 5.26 Å². The molecule has 0 fully saturated rings. The van der Waals surface area contributed by atoms with Gasteiger partial charge in [-0.1, -0.05) is 0 Å². The predicted molar refractivity (Wildman–Crippen MR) is 46.1 cm³/mol. The van der Waals surface area contributed by atoms with E-state index in [0.717, 1.165) is 17.9 Å². The molecule has 0 aliphatic rings. The quantitative estimate of drug-likeness (QED) is 0.696. The van der Waals surface area contributed by atoms with Crippen LogP contribution in [0, 0.1) is 11.3 Å². The van der Waals surface area contributed by atoms with Crippen molar-refractivity contribution in [3.63, 3.8) is 0 Å². The Hall–Kier alpha value is -2.36. The van der Waals surface area contributed by atoms with Crippen LogP contribution in [0.2, 0.25) is 0 Å². The molecule has 0 aromatic carbocycles. The monoisotopic (exact) mass is 209 g/mol. The average Bonchev–Trinajstić information content (AvgIpc) is 2.61. The predicted octanol–water partition coefficient (Wildman–Crippen LogP) is -0.109. The molecule has 15 heavy (non-hydrogen) atoms. The zero-order valence-corrected chi connectivity index (χ0v) is 7.80. The summed E-state index contributed by atoms with van der Waals surface area (Å²) in [4.78, 5) is 21.7. The molecule has 78 valence electrons. The van der Waals surface area contributed by atoms with Crippen molar-refractivity contribution in [2.45, 2.75) is 6.54 Å². The van der Waals surface area contributed by atoms with Gasteiger partial charge in [0.15, 0.2) is 5.69 Å². The van der Waals surface area contributed by atoms with Crippen LogP contribution in [0.3, 0.4) is 0 Å². The van der Waals surface area contributed by atoms with Crippen LogP contribution in [0.1, 0.15) is 21.0 Å². The van der Waals surface area contributed by atoms with Crippen molar-refractivity contribution >= 4 is 11.9 Å². The minimum atomic E-state index is -1.26. The number of carbonyl (C=O) groups excluding carboxylic acids is 1. The van der Waals surface area contributed by atoms with Crippen molar-refractivity contribution < 1.29 is 19.4 Å². The lowest BCUT2D eigenvalue weighted by Crippen LogP contribution is -2.09. The molecule has 0 saturated carbocycles. The van der Waals surface area contributed by atoms with Crippen LogP contribution in [0.4, 0.5) is 0 Å². The van der Waals surface area contributed by atoms with Crippen LogP contribution in [-0.2, 0) is 11.3 Å². The first kappa shape index (κ1) is 10.7. The molecule has 7 nitrogen and oxygen atoms in total. The van der Waals surface area contributed by atoms with E-state index in [2.05, 4.69) is 9.84 Å². The van der Waals surface area contributed by atoms with Crippen LogP contribution in [0.5, 0.6) is 0 Å². The highest BCUT2D eigenvalue weighted by Crippen LogP contribution is 2.05. The van der Waals surface area contributed by atoms with Crippen molar-refractivity contribution in [3.05, 3.63) is 17.5 Å². The SMILES string of the molecule is COC(=O)c1cc(C(=O)O)n(CC#N)n1. The molecule has 0 aliphatic carbocycles. The van der Waals surface area contributed by atoms with Crippen LogP contribution in [0.15, 0.2) is 6.07 Å². The normalized spacial score (nSPS) is 9.33. The average molecular weight is 209 g/mol. The fourth-order valence-corrected chi connectivity index (χ4v) is 0.981. The summed E-state index contributed by atoms with van der Waals surface area (Å²) >= 11 is 0. The fraction of sp³-hybridized carbons (Fsp3) is 0.250. The summed E-state index contributed by atoms with van der Waals surface area (Å²) in [7, 11) is 1.16. The Kier molecular flexibility index (Phi) is 3.03. The molecule has 1 aromatic rings. The number of aromatic nitrogens is 2. The molecule has 1 heterocycles. The lowest BCUT2D eigenvalue weighted by atomic mass is 10.3. The Morgan fingerprint density at radius 3 is 2.87 bits per heavy atom. The van der Waals surface area contributed by atoms with Crippen molar-refractivity contribution in [3.8, 4) is 6.07 Å². The Bertz CT molecular complexity index is 443. The number of hydrogen-bond acceptors (Lipinski definition) is 5. The Balaban J connectivity index is 3.15. The number of carbonyl (C=O) groups is 2. The van der Waals surface area contributed by atoms with E-state index < -0.39 is 11.9 Å². The Morgan fingerprint density at radius 2 is 2.40 bits per heavy atom. The molecule has 0 saturated heterocycles. The minimum absolute atomic E-state index is 0.134. The van der Waals surface area contributed by atoms with E-state index in [1.54, 1.807) is 6.07 Å². The van der Waals surface area contributed by atoms with Crippen molar-refractivity contribution in [1.82, 2.24) is 9.78 Å². The van der Waals surface area contributed by atoms with Gasteiger partial charge in [-0.2, -0.15) is 10.4 Å². The summed E-state index contributed by atoms with van der Waals surface area (Å²) < 4.78 is 5.30. The molecule has 1 rings (SSSR count). The van der Waals surface area contributed by atoms with Gasteiger partial charge in [0.2, 0.25) is 0 Å². The Labute approximate surface area is 84.5 Å². The largest absolute Gasteiger partial charge is 0.477 e. The number of rotatable bonds is 3. The Morgan fingerprint density at radius 1 is 1.73 bits per heavy atom. The van der Waals surface area contributed by atoms with Gasteiger partial charge >= 0.3 is 11.9 Å². The van der Waals surface area contributed by atoms with E-state index >= 15 is 0 Å². The maximum absolute atomic E-state index is 11.0. The van der Waals surface area contributed by atoms with Gasteiger partial charge in [-0.15, -0.1) is 0 Å². The summed E-state index contributed by atoms with van der Waals surface area (Å²) in [5.41, 5.74) is -0.359. The van der Waals surface area contributed by atoms with Crippen LogP contribution < -0.4 is 0 Å². The first-order chi connectivity index (χ1) is 7.10. The third-order valence-corrected chi connectivity index (χ3v) is 1.61. The van der Waals surface area contributed by atoms with Gasteiger partial charge in [0, 0.05) is 6.07 Å². The summed E-state index contributed by atoms with van der Waals surface area (Å²) in [6, 6.07) is 2.80. The number of hydrogen-bond donors (Lipinski definition) is 1. The molecule has 0 atom stereocenters. The second-order valence-corrected chi connectivity index (χ2v) is 2.53. The number of aromatic carboxylic acids is 1. The molecule has 0 bridgehead atoms. The van der Waals surface area contributed by atoms with Crippen LogP contribution in [-0.4, -0.2) is 33.9 Å². The number of ether oxygens (including phenoxy) is 1. The van der Waals surface area contributed by atoms with Crippen LogP contribution in [0.25, 0.3) is 0 Å². The third kappa shape index (κ3) is 2.11. The zero-order valence-electron chi connectivity index (χ0n) is 7.80. The van der Waals surface area contributed by atoms with Gasteiger partial charge in [0.1, 0.15) is 12.2 Å². The molecule has 0 amide bonds. The highest BCUT2D eigenvalue weighted by Gasteiger charge is 2.18. The maximum atomic E-state index is 11.0. The first-order valence-corrected chi connectivity index (χ1v) is 3.86. The molecule has 0 aliphatic heterocycles. The summed E-state index contributed by atoms with van der Waals surface area (Å²) in [6.45, 7) is -0.237. The van der Waals surface area contributed by atoms with Gasteiger partial charge in [-0.05, 0) is 0 Å². The van der Waals surface area contributed by atoms with Crippen molar-refractivity contribution in [2.75, 3.05) is 7.11 Å². The maximum Gasteiger partial charge on any atom is 0.358 e.